The second kappa shape index (κ2) is 7.55. The van der Waals surface area contributed by atoms with E-state index in [1.165, 1.54) is 24.2 Å². The van der Waals surface area contributed by atoms with E-state index >= 15 is 0 Å². The lowest BCUT2D eigenvalue weighted by Crippen LogP contribution is -2.57. The summed E-state index contributed by atoms with van der Waals surface area (Å²) in [5.74, 6) is 0.113. The Morgan fingerprint density at radius 2 is 1.65 bits per heavy atom. The molecule has 2 atom stereocenters. The monoisotopic (exact) mass is 339 g/mol. The minimum Gasteiger partial charge on any atom is -0.335 e. The average Bonchev–Trinajstić information content (AvgIpc) is 2.88. The van der Waals surface area contributed by atoms with Crippen molar-refractivity contribution in [3.05, 3.63) is 0 Å². The molecule has 0 aromatic heterocycles. The van der Waals surface area contributed by atoms with Crippen LogP contribution in [0.25, 0.3) is 0 Å². The first-order chi connectivity index (χ1) is 11.1. The van der Waals surface area contributed by atoms with Crippen LogP contribution < -0.4 is 10.6 Å². The summed E-state index contributed by atoms with van der Waals surface area (Å²) >= 11 is 1.07. The fraction of sp³-hybridized carbons (Fsp3) is 0.812. The van der Waals surface area contributed by atoms with Gasteiger partial charge in [-0.2, -0.15) is 0 Å². The quantitative estimate of drug-likeness (QED) is 0.828. The number of urea groups is 1. The third-order valence-electron chi connectivity index (χ3n) is 5.10. The van der Waals surface area contributed by atoms with E-state index in [1.54, 1.807) is 0 Å². The van der Waals surface area contributed by atoms with Crippen LogP contribution in [0.2, 0.25) is 0 Å². The molecule has 3 rings (SSSR count). The molecule has 2 saturated carbocycles. The van der Waals surface area contributed by atoms with E-state index in [0.717, 1.165) is 50.3 Å². The van der Waals surface area contributed by atoms with Crippen molar-refractivity contribution >= 4 is 28.9 Å². The Balaban J connectivity index is 1.58. The van der Waals surface area contributed by atoms with Crippen molar-refractivity contribution in [2.45, 2.75) is 75.9 Å². The molecule has 2 N–H and O–H groups in total. The molecule has 0 aromatic rings. The third kappa shape index (κ3) is 4.00. The van der Waals surface area contributed by atoms with Gasteiger partial charge in [-0.25, -0.2) is 4.79 Å². The van der Waals surface area contributed by atoms with Gasteiger partial charge < -0.3 is 10.6 Å². The van der Waals surface area contributed by atoms with Crippen molar-refractivity contribution in [2.24, 2.45) is 0 Å². The van der Waals surface area contributed by atoms with E-state index in [4.69, 9.17) is 0 Å². The summed E-state index contributed by atoms with van der Waals surface area (Å²) < 4.78 is 0. The van der Waals surface area contributed by atoms with E-state index in [1.807, 2.05) is 0 Å². The predicted octanol–water partition coefficient (Wildman–Crippen LogP) is 2.62. The van der Waals surface area contributed by atoms with E-state index in [0.29, 0.717) is 0 Å². The zero-order chi connectivity index (χ0) is 16.2. The number of nitrogens with one attached hydrogen (secondary N) is 2. The number of imide groups is 1. The summed E-state index contributed by atoms with van der Waals surface area (Å²) in [5, 5.41) is 5.92. The summed E-state index contributed by atoms with van der Waals surface area (Å²) in [6.07, 6.45) is 9.31. The molecule has 2 unspecified atom stereocenters. The topological polar surface area (TPSA) is 78.5 Å². The molecule has 23 heavy (non-hydrogen) atoms. The molecule has 0 aromatic carbocycles. The zero-order valence-electron chi connectivity index (χ0n) is 13.4. The minimum atomic E-state index is -0.184. The van der Waals surface area contributed by atoms with Crippen LogP contribution in [0.3, 0.4) is 0 Å². The average molecular weight is 339 g/mol. The van der Waals surface area contributed by atoms with Gasteiger partial charge in [0.1, 0.15) is 0 Å². The number of carbonyl (C=O) groups is 3. The molecule has 128 valence electrons. The van der Waals surface area contributed by atoms with Gasteiger partial charge in [-0.1, -0.05) is 43.9 Å². The molecule has 1 aliphatic heterocycles. The first-order valence-corrected chi connectivity index (χ1v) is 9.69. The highest BCUT2D eigenvalue weighted by Crippen LogP contribution is 2.30. The normalized spacial score (nSPS) is 29.7. The molecular formula is C16H25N3O3S. The van der Waals surface area contributed by atoms with Gasteiger partial charge in [0.15, 0.2) is 0 Å². The molecule has 3 fully saturated rings. The molecule has 7 heteroatoms. The standard InChI is InChI=1S/C16H25N3O3S/c20-14-10-23-16(22)19(14)13-9-5-4-8-12(13)18-15(21)17-11-6-2-1-3-7-11/h11-13H,1-10H2,(H2,17,18,21). The van der Waals surface area contributed by atoms with Gasteiger partial charge in [0.05, 0.1) is 17.8 Å². The SMILES string of the molecule is O=C(NC1CCCCC1)NC1CCCCC1N1C(=O)CSC1=O. The number of rotatable bonds is 3. The van der Waals surface area contributed by atoms with Crippen molar-refractivity contribution in [1.82, 2.24) is 15.5 Å². The molecule has 3 aliphatic rings. The van der Waals surface area contributed by atoms with Gasteiger partial charge in [0.25, 0.3) is 5.24 Å². The Morgan fingerprint density at radius 3 is 2.35 bits per heavy atom. The number of amides is 4. The van der Waals surface area contributed by atoms with Gasteiger partial charge in [-0.05, 0) is 25.7 Å². The smallest absolute Gasteiger partial charge is 0.315 e. The number of hydrogen-bond acceptors (Lipinski definition) is 4. The second-order valence-corrected chi connectivity index (χ2v) is 7.66. The number of thioether (sulfide) groups is 1. The Labute approximate surface area is 141 Å². The Kier molecular flexibility index (Phi) is 5.46. The molecule has 1 heterocycles. The van der Waals surface area contributed by atoms with Gasteiger partial charge >= 0.3 is 6.03 Å². The largest absolute Gasteiger partial charge is 0.335 e. The van der Waals surface area contributed by atoms with Crippen LogP contribution in [0.1, 0.15) is 57.8 Å². The van der Waals surface area contributed by atoms with Gasteiger partial charge in [-0.15, -0.1) is 0 Å². The maximum Gasteiger partial charge on any atom is 0.315 e. The summed E-state index contributed by atoms with van der Waals surface area (Å²) in [5.41, 5.74) is 0. The summed E-state index contributed by atoms with van der Waals surface area (Å²) in [6, 6.07) is -0.202. The lowest BCUT2D eigenvalue weighted by Gasteiger charge is -2.37. The molecule has 0 radical (unpaired) electrons. The van der Waals surface area contributed by atoms with Gasteiger partial charge in [0, 0.05) is 6.04 Å². The predicted molar refractivity (Wildman–Crippen MR) is 89.3 cm³/mol. The van der Waals surface area contributed by atoms with E-state index in [9.17, 15) is 14.4 Å². The molecule has 0 bridgehead atoms. The highest BCUT2D eigenvalue weighted by molar-refractivity contribution is 8.14. The van der Waals surface area contributed by atoms with Crippen molar-refractivity contribution < 1.29 is 14.4 Å². The fourth-order valence-electron chi connectivity index (χ4n) is 3.92. The first kappa shape index (κ1) is 16.6. The summed E-state index contributed by atoms with van der Waals surface area (Å²) in [7, 11) is 0. The Bertz CT molecular complexity index is 463. The maximum absolute atomic E-state index is 12.3. The fourth-order valence-corrected chi connectivity index (χ4v) is 4.68. The van der Waals surface area contributed by atoms with Crippen molar-refractivity contribution in [3.8, 4) is 0 Å². The molecular weight excluding hydrogens is 314 g/mol. The molecule has 2 aliphatic carbocycles. The van der Waals surface area contributed by atoms with Crippen LogP contribution in [-0.4, -0.2) is 46.0 Å². The Hall–Kier alpha value is -1.24. The highest BCUT2D eigenvalue weighted by atomic mass is 32.2. The Morgan fingerprint density at radius 1 is 0.957 bits per heavy atom. The molecule has 4 amide bonds. The number of nitrogens with zero attached hydrogens (tertiary/aromatic N) is 1. The van der Waals surface area contributed by atoms with Crippen LogP contribution in [0.15, 0.2) is 0 Å². The summed E-state index contributed by atoms with van der Waals surface area (Å²) in [4.78, 5) is 37.6. The molecule has 1 saturated heterocycles. The molecule has 0 spiro atoms. The zero-order valence-corrected chi connectivity index (χ0v) is 14.2. The first-order valence-electron chi connectivity index (χ1n) is 8.71. The third-order valence-corrected chi connectivity index (χ3v) is 5.94. The number of carbonyl (C=O) groups excluding carboxylic acids is 3. The van der Waals surface area contributed by atoms with E-state index in [-0.39, 0.29) is 41.1 Å². The second-order valence-electron chi connectivity index (χ2n) is 6.73. The van der Waals surface area contributed by atoms with Crippen LogP contribution in [0.4, 0.5) is 9.59 Å². The van der Waals surface area contributed by atoms with E-state index < -0.39 is 0 Å². The van der Waals surface area contributed by atoms with Crippen LogP contribution in [0.5, 0.6) is 0 Å². The minimum absolute atomic E-state index is 0.119. The van der Waals surface area contributed by atoms with Crippen LogP contribution in [0, 0.1) is 0 Å². The van der Waals surface area contributed by atoms with Crippen molar-refractivity contribution in [3.63, 3.8) is 0 Å². The lowest BCUT2D eigenvalue weighted by atomic mass is 9.89. The van der Waals surface area contributed by atoms with Crippen molar-refractivity contribution in [1.29, 1.82) is 0 Å². The van der Waals surface area contributed by atoms with Crippen LogP contribution >= 0.6 is 11.8 Å². The highest BCUT2D eigenvalue weighted by Gasteiger charge is 2.41. The maximum atomic E-state index is 12.3. The summed E-state index contributed by atoms with van der Waals surface area (Å²) in [6.45, 7) is 0. The van der Waals surface area contributed by atoms with Crippen molar-refractivity contribution in [2.75, 3.05) is 5.75 Å². The van der Waals surface area contributed by atoms with Gasteiger partial charge in [-0.3, -0.25) is 14.5 Å². The lowest BCUT2D eigenvalue weighted by molar-refractivity contribution is -0.127. The molecule has 6 nitrogen and oxygen atoms in total. The van der Waals surface area contributed by atoms with Crippen LogP contribution in [-0.2, 0) is 4.79 Å². The number of hydrogen-bond donors (Lipinski definition) is 2. The van der Waals surface area contributed by atoms with Gasteiger partial charge in [0.2, 0.25) is 5.91 Å². The van der Waals surface area contributed by atoms with E-state index in [2.05, 4.69) is 10.6 Å².